The van der Waals surface area contributed by atoms with Gasteiger partial charge in [0.15, 0.2) is 11.5 Å². The van der Waals surface area contributed by atoms with E-state index in [1.807, 2.05) is 0 Å². The number of amides is 3. The Morgan fingerprint density at radius 3 is 2.68 bits per heavy atom. The molecule has 0 spiro atoms. The zero-order valence-corrected chi connectivity index (χ0v) is 12.2. The van der Waals surface area contributed by atoms with Crippen molar-refractivity contribution in [3.8, 4) is 11.5 Å². The quantitative estimate of drug-likeness (QED) is 0.781. The molecule has 118 valence electrons. The second-order valence-corrected chi connectivity index (χ2v) is 5.36. The molecule has 0 bridgehead atoms. The van der Waals surface area contributed by atoms with Crippen molar-refractivity contribution in [3.63, 3.8) is 0 Å². The first-order chi connectivity index (χ1) is 10.7. The van der Waals surface area contributed by atoms with Gasteiger partial charge in [-0.15, -0.1) is 0 Å². The van der Waals surface area contributed by atoms with Gasteiger partial charge in [-0.3, -0.25) is 4.79 Å². The van der Waals surface area contributed by atoms with Gasteiger partial charge in [-0.2, -0.15) is 0 Å². The third-order valence-corrected chi connectivity index (χ3v) is 3.35. The van der Waals surface area contributed by atoms with Gasteiger partial charge >= 0.3 is 6.03 Å². The molecule has 2 aliphatic rings. The van der Waals surface area contributed by atoms with Crippen LogP contribution in [0.15, 0.2) is 18.2 Å². The van der Waals surface area contributed by atoms with E-state index in [9.17, 15) is 9.59 Å². The van der Waals surface area contributed by atoms with E-state index < -0.39 is 0 Å². The zero-order chi connectivity index (χ0) is 15.4. The Kier molecular flexibility index (Phi) is 4.32. The molecular weight excluding hydrogens is 286 g/mol. The lowest BCUT2D eigenvalue weighted by Crippen LogP contribution is -2.40. The lowest BCUT2D eigenvalue weighted by Gasteiger charge is -2.11. The van der Waals surface area contributed by atoms with Gasteiger partial charge in [-0.05, 0) is 25.0 Å². The molecule has 0 saturated heterocycles. The maximum atomic E-state index is 11.8. The average molecular weight is 305 g/mol. The summed E-state index contributed by atoms with van der Waals surface area (Å²) in [4.78, 5) is 23.3. The molecular formula is C15H19N3O4. The molecule has 3 rings (SSSR count). The Bertz CT molecular complexity index is 572. The van der Waals surface area contributed by atoms with Crippen molar-refractivity contribution < 1.29 is 19.1 Å². The van der Waals surface area contributed by atoms with E-state index in [0.29, 0.717) is 30.4 Å². The van der Waals surface area contributed by atoms with Gasteiger partial charge in [0.05, 0.1) is 19.8 Å². The van der Waals surface area contributed by atoms with Gasteiger partial charge in [0.1, 0.15) is 0 Å². The van der Waals surface area contributed by atoms with Gasteiger partial charge in [0.2, 0.25) is 5.91 Å². The summed E-state index contributed by atoms with van der Waals surface area (Å²) in [5, 5.41) is 8.00. The normalized spacial score (nSPS) is 16.4. The van der Waals surface area contributed by atoms with Crippen LogP contribution < -0.4 is 25.4 Å². The minimum atomic E-state index is -0.309. The number of benzene rings is 1. The Balaban J connectivity index is 1.50. The van der Waals surface area contributed by atoms with E-state index in [0.717, 1.165) is 19.3 Å². The second-order valence-electron chi connectivity index (χ2n) is 5.36. The van der Waals surface area contributed by atoms with Crippen LogP contribution in [0, 0.1) is 0 Å². The fourth-order valence-electron chi connectivity index (χ4n) is 2.07. The number of anilines is 1. The van der Waals surface area contributed by atoms with Crippen LogP contribution in [0.1, 0.15) is 19.3 Å². The molecule has 1 heterocycles. The fourth-order valence-corrected chi connectivity index (χ4v) is 2.07. The molecule has 22 heavy (non-hydrogen) atoms. The molecule has 1 aliphatic heterocycles. The highest BCUT2D eigenvalue weighted by molar-refractivity contribution is 5.94. The van der Waals surface area contributed by atoms with Crippen LogP contribution in [0.4, 0.5) is 10.5 Å². The molecule has 0 aromatic heterocycles. The van der Waals surface area contributed by atoms with Gasteiger partial charge in [0, 0.05) is 24.2 Å². The highest BCUT2D eigenvalue weighted by atomic mass is 16.5. The maximum absolute atomic E-state index is 11.8. The minimum Gasteiger partial charge on any atom is -0.490 e. The molecule has 1 saturated carbocycles. The largest absolute Gasteiger partial charge is 0.490 e. The summed E-state index contributed by atoms with van der Waals surface area (Å²) in [6.07, 6.45) is 2.85. The van der Waals surface area contributed by atoms with E-state index in [-0.39, 0.29) is 24.5 Å². The molecule has 7 nitrogen and oxygen atoms in total. The molecule has 0 radical (unpaired) electrons. The van der Waals surface area contributed by atoms with Crippen molar-refractivity contribution in [2.45, 2.75) is 25.3 Å². The van der Waals surface area contributed by atoms with Crippen LogP contribution in [0.25, 0.3) is 0 Å². The van der Waals surface area contributed by atoms with Crippen molar-refractivity contribution in [2.75, 3.05) is 25.1 Å². The first kappa shape index (κ1) is 14.5. The SMILES string of the molecule is O=C(CNC(=O)NC1CC1)Nc1ccc2c(c1)OCCCO2. The lowest BCUT2D eigenvalue weighted by molar-refractivity contribution is -0.115. The minimum absolute atomic E-state index is 0.0764. The molecule has 1 aliphatic carbocycles. The number of hydrogen-bond donors (Lipinski definition) is 3. The van der Waals surface area contributed by atoms with Crippen molar-refractivity contribution >= 4 is 17.6 Å². The molecule has 3 N–H and O–H groups in total. The first-order valence-corrected chi connectivity index (χ1v) is 7.44. The number of urea groups is 1. The Hall–Kier alpha value is -2.44. The van der Waals surface area contributed by atoms with Crippen molar-refractivity contribution in [1.29, 1.82) is 0 Å². The Morgan fingerprint density at radius 2 is 1.91 bits per heavy atom. The number of carbonyl (C=O) groups excluding carboxylic acids is 2. The monoisotopic (exact) mass is 305 g/mol. The molecule has 1 aromatic rings. The molecule has 0 unspecified atom stereocenters. The summed E-state index contributed by atoms with van der Waals surface area (Å²) < 4.78 is 11.1. The van der Waals surface area contributed by atoms with Crippen LogP contribution >= 0.6 is 0 Å². The fraction of sp³-hybridized carbons (Fsp3) is 0.467. The van der Waals surface area contributed by atoms with E-state index in [1.165, 1.54) is 0 Å². The summed E-state index contributed by atoms with van der Waals surface area (Å²) in [7, 11) is 0. The van der Waals surface area contributed by atoms with E-state index in [2.05, 4.69) is 16.0 Å². The summed E-state index contributed by atoms with van der Waals surface area (Å²) >= 11 is 0. The smallest absolute Gasteiger partial charge is 0.315 e. The number of ether oxygens (including phenoxy) is 2. The predicted octanol–water partition coefficient (Wildman–Crippen LogP) is 1.25. The Labute approximate surface area is 128 Å². The van der Waals surface area contributed by atoms with Gasteiger partial charge in [0.25, 0.3) is 0 Å². The standard InChI is InChI=1S/C15H19N3O4/c19-14(9-16-15(20)18-10-2-3-10)17-11-4-5-12-13(8-11)22-7-1-6-21-12/h4-5,8,10H,1-3,6-7,9H2,(H,17,19)(H2,16,18,20). The number of nitrogens with one attached hydrogen (secondary N) is 3. The zero-order valence-electron chi connectivity index (χ0n) is 12.2. The van der Waals surface area contributed by atoms with Crippen LogP contribution in [0.2, 0.25) is 0 Å². The van der Waals surface area contributed by atoms with Crippen LogP contribution in [0.3, 0.4) is 0 Å². The molecule has 1 aromatic carbocycles. The lowest BCUT2D eigenvalue weighted by atomic mass is 10.2. The Morgan fingerprint density at radius 1 is 1.14 bits per heavy atom. The van der Waals surface area contributed by atoms with E-state index >= 15 is 0 Å². The topological polar surface area (TPSA) is 88.7 Å². The van der Waals surface area contributed by atoms with E-state index in [4.69, 9.17) is 9.47 Å². The van der Waals surface area contributed by atoms with Crippen molar-refractivity contribution in [1.82, 2.24) is 10.6 Å². The summed E-state index contributed by atoms with van der Waals surface area (Å²) in [6, 6.07) is 5.20. The average Bonchev–Trinajstić information content (AvgIpc) is 3.31. The third kappa shape index (κ3) is 4.03. The van der Waals surface area contributed by atoms with Gasteiger partial charge in [-0.1, -0.05) is 0 Å². The highest BCUT2D eigenvalue weighted by Gasteiger charge is 2.23. The van der Waals surface area contributed by atoms with E-state index in [1.54, 1.807) is 18.2 Å². The van der Waals surface area contributed by atoms with Crippen molar-refractivity contribution in [2.24, 2.45) is 0 Å². The molecule has 0 atom stereocenters. The first-order valence-electron chi connectivity index (χ1n) is 7.44. The highest BCUT2D eigenvalue weighted by Crippen LogP contribution is 2.32. The van der Waals surface area contributed by atoms with Crippen LogP contribution in [0.5, 0.6) is 11.5 Å². The third-order valence-electron chi connectivity index (χ3n) is 3.35. The predicted molar refractivity (Wildman–Crippen MR) is 80.2 cm³/mol. The molecule has 3 amide bonds. The number of rotatable bonds is 4. The summed E-state index contributed by atoms with van der Waals surface area (Å²) in [6.45, 7) is 1.14. The van der Waals surface area contributed by atoms with Crippen LogP contribution in [-0.2, 0) is 4.79 Å². The van der Waals surface area contributed by atoms with Crippen molar-refractivity contribution in [3.05, 3.63) is 18.2 Å². The number of carbonyl (C=O) groups is 2. The summed E-state index contributed by atoms with van der Waals surface area (Å²) in [5.41, 5.74) is 0.610. The maximum Gasteiger partial charge on any atom is 0.315 e. The number of hydrogen-bond acceptors (Lipinski definition) is 4. The van der Waals surface area contributed by atoms with Crippen LogP contribution in [-0.4, -0.2) is 37.7 Å². The molecule has 7 heteroatoms. The second kappa shape index (κ2) is 6.55. The van der Waals surface area contributed by atoms with Gasteiger partial charge in [-0.25, -0.2) is 4.79 Å². The number of fused-ring (bicyclic) bond motifs is 1. The van der Waals surface area contributed by atoms with Gasteiger partial charge < -0.3 is 25.4 Å². The summed E-state index contributed by atoms with van der Waals surface area (Å²) in [5.74, 6) is 1.01. The molecule has 1 fully saturated rings.